The SMILES string of the molecule is Cc1cc2c(F)cccc2o1.Cc1cc2cc(F)ccc2o1.Cc1cc2ccccc2o1.Cc1cc2cnccc2o1. The van der Waals surface area contributed by atoms with Crippen molar-refractivity contribution in [1.29, 1.82) is 0 Å². The third-order valence-electron chi connectivity index (χ3n) is 6.22. The quantitative estimate of drug-likeness (QED) is 0.183. The minimum absolute atomic E-state index is 0.223. The van der Waals surface area contributed by atoms with Crippen LogP contribution in [0.2, 0.25) is 0 Å². The second kappa shape index (κ2) is 12.6. The van der Waals surface area contributed by atoms with Crippen LogP contribution in [0.3, 0.4) is 0 Å². The number of hydrogen-bond donors (Lipinski definition) is 0. The van der Waals surface area contributed by atoms with E-state index >= 15 is 0 Å². The largest absolute Gasteiger partial charge is 0.461 e. The van der Waals surface area contributed by atoms with E-state index in [2.05, 4.69) is 4.98 Å². The fourth-order valence-electron chi connectivity index (χ4n) is 4.43. The molecule has 212 valence electrons. The normalized spacial score (nSPS) is 10.6. The Morgan fingerprint density at radius 1 is 0.500 bits per heavy atom. The molecule has 0 atom stereocenters. The van der Waals surface area contributed by atoms with Crippen LogP contribution in [0.4, 0.5) is 8.78 Å². The van der Waals surface area contributed by atoms with Gasteiger partial charge in [-0.25, -0.2) is 8.78 Å². The maximum absolute atomic E-state index is 12.9. The highest BCUT2D eigenvalue weighted by Crippen LogP contribution is 2.21. The van der Waals surface area contributed by atoms with Gasteiger partial charge in [0.15, 0.2) is 0 Å². The van der Waals surface area contributed by atoms with Crippen molar-refractivity contribution in [3.05, 3.63) is 138 Å². The maximum Gasteiger partial charge on any atom is 0.137 e. The third kappa shape index (κ3) is 6.93. The molecule has 7 heteroatoms. The first kappa shape index (κ1) is 28.4. The number of pyridine rings is 1. The Balaban J connectivity index is 0.000000112. The Kier molecular flexibility index (Phi) is 8.48. The predicted molar refractivity (Wildman–Crippen MR) is 162 cm³/mol. The maximum atomic E-state index is 12.9. The van der Waals surface area contributed by atoms with Gasteiger partial charge in [-0.3, -0.25) is 4.98 Å². The van der Waals surface area contributed by atoms with Crippen molar-refractivity contribution >= 4 is 43.9 Å². The minimum atomic E-state index is -0.224. The van der Waals surface area contributed by atoms with Gasteiger partial charge in [0.05, 0.1) is 5.39 Å². The van der Waals surface area contributed by atoms with E-state index in [1.807, 2.05) is 69.3 Å². The number of hydrogen-bond acceptors (Lipinski definition) is 5. The Hall–Kier alpha value is -5.17. The van der Waals surface area contributed by atoms with Crippen LogP contribution in [0.25, 0.3) is 43.9 Å². The molecule has 8 rings (SSSR count). The second-order valence-corrected chi connectivity index (χ2v) is 9.71. The van der Waals surface area contributed by atoms with E-state index in [-0.39, 0.29) is 11.6 Å². The monoisotopic (exact) mass is 565 g/mol. The van der Waals surface area contributed by atoms with Crippen molar-refractivity contribution in [1.82, 2.24) is 4.98 Å². The summed E-state index contributed by atoms with van der Waals surface area (Å²) in [4.78, 5) is 3.97. The number of rotatable bonds is 0. The van der Waals surface area contributed by atoms with Gasteiger partial charge in [-0.2, -0.15) is 0 Å². The van der Waals surface area contributed by atoms with Gasteiger partial charge in [-0.1, -0.05) is 24.3 Å². The zero-order chi connectivity index (χ0) is 29.6. The van der Waals surface area contributed by atoms with E-state index < -0.39 is 0 Å². The Bertz CT molecular complexity index is 1940. The van der Waals surface area contributed by atoms with E-state index in [1.54, 1.807) is 43.6 Å². The smallest absolute Gasteiger partial charge is 0.137 e. The molecule has 0 unspecified atom stereocenters. The lowest BCUT2D eigenvalue weighted by Crippen LogP contribution is -1.70. The summed E-state index contributed by atoms with van der Waals surface area (Å²) in [5.41, 5.74) is 3.24. The van der Waals surface area contributed by atoms with Crippen molar-refractivity contribution in [2.75, 3.05) is 0 Å². The Labute approximate surface area is 241 Å². The van der Waals surface area contributed by atoms with E-state index in [9.17, 15) is 8.78 Å². The standard InChI is InChI=1S/2C9H7FO.C9H8O.C8H7NO/c1-6-4-7-5-8(10)2-3-9(7)11-6;1-6-5-7-8(10)3-2-4-9(7)11-6;1-7-6-8-4-2-3-5-9(8)10-7;1-6-4-7-5-9-3-2-8(7)10-6/h2*2-5H,1H3;2-6H,1H3;2-5H,1H3. The van der Waals surface area contributed by atoms with Crippen LogP contribution < -0.4 is 0 Å². The van der Waals surface area contributed by atoms with Crippen LogP contribution in [0.15, 0.2) is 121 Å². The summed E-state index contributed by atoms with van der Waals surface area (Å²) in [6, 6.07) is 26.7. The summed E-state index contributed by atoms with van der Waals surface area (Å²) in [6.07, 6.45) is 3.52. The first-order chi connectivity index (χ1) is 20.2. The number of para-hydroxylation sites is 1. The molecule has 0 saturated carbocycles. The summed E-state index contributed by atoms with van der Waals surface area (Å²) in [5.74, 6) is 3.01. The first-order valence-corrected chi connectivity index (χ1v) is 13.3. The third-order valence-corrected chi connectivity index (χ3v) is 6.22. The topological polar surface area (TPSA) is 65.5 Å². The van der Waals surface area contributed by atoms with Gasteiger partial charge in [0.2, 0.25) is 0 Å². The number of aromatic nitrogens is 1. The second-order valence-electron chi connectivity index (χ2n) is 9.71. The highest BCUT2D eigenvalue weighted by atomic mass is 19.1. The molecule has 0 fully saturated rings. The summed E-state index contributed by atoms with van der Waals surface area (Å²) in [7, 11) is 0. The number of benzene rings is 3. The number of aryl methyl sites for hydroxylation is 4. The number of halogens is 2. The van der Waals surface area contributed by atoms with Crippen LogP contribution in [-0.2, 0) is 0 Å². The molecule has 0 amide bonds. The average Bonchev–Trinajstić information content (AvgIpc) is 3.72. The molecule has 0 N–H and O–H groups in total. The van der Waals surface area contributed by atoms with Gasteiger partial charge in [0, 0.05) is 28.6 Å². The molecule has 0 aliphatic carbocycles. The predicted octanol–water partition coefficient (Wildman–Crippen LogP) is 10.6. The molecule has 0 spiro atoms. The summed E-state index contributed by atoms with van der Waals surface area (Å²) >= 11 is 0. The summed E-state index contributed by atoms with van der Waals surface area (Å²) in [5, 5.41) is 3.63. The molecular weight excluding hydrogens is 536 g/mol. The van der Waals surface area contributed by atoms with Gasteiger partial charge < -0.3 is 17.7 Å². The first-order valence-electron chi connectivity index (χ1n) is 13.3. The van der Waals surface area contributed by atoms with Crippen molar-refractivity contribution < 1.29 is 26.4 Å². The van der Waals surface area contributed by atoms with Crippen molar-refractivity contribution in [3.8, 4) is 0 Å². The van der Waals surface area contributed by atoms with Gasteiger partial charge >= 0.3 is 0 Å². The Morgan fingerprint density at radius 3 is 1.76 bits per heavy atom. The van der Waals surface area contributed by atoms with Gasteiger partial charge in [-0.15, -0.1) is 0 Å². The van der Waals surface area contributed by atoms with E-state index in [1.165, 1.54) is 23.6 Å². The molecule has 0 radical (unpaired) electrons. The van der Waals surface area contributed by atoms with Crippen molar-refractivity contribution in [3.63, 3.8) is 0 Å². The van der Waals surface area contributed by atoms with Crippen LogP contribution in [0.5, 0.6) is 0 Å². The molecule has 42 heavy (non-hydrogen) atoms. The lowest BCUT2D eigenvalue weighted by molar-refractivity contribution is 0.576. The number of fused-ring (bicyclic) bond motifs is 4. The van der Waals surface area contributed by atoms with Crippen LogP contribution >= 0.6 is 0 Å². The number of furan rings is 4. The zero-order valence-electron chi connectivity index (χ0n) is 23.7. The molecule has 8 aromatic rings. The molecule has 3 aromatic carbocycles. The molecule has 0 aliphatic rings. The van der Waals surface area contributed by atoms with Gasteiger partial charge in [0.1, 0.15) is 57.0 Å². The van der Waals surface area contributed by atoms with Crippen molar-refractivity contribution in [2.24, 2.45) is 0 Å². The minimum Gasteiger partial charge on any atom is -0.461 e. The molecule has 5 nitrogen and oxygen atoms in total. The fraction of sp³-hybridized carbons (Fsp3) is 0.114. The van der Waals surface area contributed by atoms with Gasteiger partial charge in [-0.05, 0) is 94.4 Å². The highest BCUT2D eigenvalue weighted by Gasteiger charge is 2.03. The highest BCUT2D eigenvalue weighted by molar-refractivity contribution is 5.79. The molecular formula is C35H29F2NO4. The molecule has 0 aliphatic heterocycles. The fourth-order valence-corrected chi connectivity index (χ4v) is 4.43. The lowest BCUT2D eigenvalue weighted by Gasteiger charge is -1.87. The van der Waals surface area contributed by atoms with E-state index in [0.29, 0.717) is 11.0 Å². The zero-order valence-corrected chi connectivity index (χ0v) is 23.7. The van der Waals surface area contributed by atoms with E-state index in [0.717, 1.165) is 50.6 Å². The molecule has 0 saturated heterocycles. The van der Waals surface area contributed by atoms with E-state index in [4.69, 9.17) is 17.7 Å². The molecule has 5 aromatic heterocycles. The summed E-state index contributed by atoms with van der Waals surface area (Å²) in [6.45, 7) is 7.54. The number of nitrogens with zero attached hydrogens (tertiary/aromatic N) is 1. The average molecular weight is 566 g/mol. The lowest BCUT2D eigenvalue weighted by atomic mass is 10.2. The van der Waals surface area contributed by atoms with Crippen LogP contribution in [0, 0.1) is 39.3 Å². The van der Waals surface area contributed by atoms with Crippen LogP contribution in [0.1, 0.15) is 23.0 Å². The molecule has 5 heterocycles. The van der Waals surface area contributed by atoms with Gasteiger partial charge in [0.25, 0.3) is 0 Å². The molecule has 0 bridgehead atoms. The van der Waals surface area contributed by atoms with Crippen LogP contribution in [-0.4, -0.2) is 4.98 Å². The summed E-state index contributed by atoms with van der Waals surface area (Å²) < 4.78 is 46.7. The Morgan fingerprint density at radius 2 is 1.07 bits per heavy atom. The van der Waals surface area contributed by atoms with Crippen molar-refractivity contribution in [2.45, 2.75) is 27.7 Å².